The van der Waals surface area contributed by atoms with Gasteiger partial charge in [0.25, 0.3) is 0 Å². The van der Waals surface area contributed by atoms with Crippen LogP contribution in [0.1, 0.15) is 23.7 Å². The molecule has 2 N–H and O–H groups in total. The van der Waals surface area contributed by atoms with Gasteiger partial charge in [0.2, 0.25) is 0 Å². The van der Waals surface area contributed by atoms with Gasteiger partial charge in [-0.3, -0.25) is 4.79 Å². The lowest BCUT2D eigenvalue weighted by atomic mass is 9.75. The molecule has 0 amide bonds. The van der Waals surface area contributed by atoms with Gasteiger partial charge in [0.15, 0.2) is 5.78 Å². The lowest BCUT2D eigenvalue weighted by molar-refractivity contribution is 0.0985. The highest BCUT2D eigenvalue weighted by Gasteiger charge is 2.22. The Labute approximate surface area is 81.3 Å². The molecule has 0 aliphatic heterocycles. The molecule has 0 spiro atoms. The van der Waals surface area contributed by atoms with E-state index in [2.05, 4.69) is 0 Å². The Bertz CT molecular complexity index is 352. The quantitative estimate of drug-likeness (QED) is 0.532. The van der Waals surface area contributed by atoms with Crippen LogP contribution in [0.15, 0.2) is 18.2 Å². The fourth-order valence-corrected chi connectivity index (χ4v) is 1.23. The molecule has 14 heavy (non-hydrogen) atoms. The fraction of sp³-hybridized carbons (Fsp3) is 0.222. The van der Waals surface area contributed by atoms with Gasteiger partial charge in [0, 0.05) is 6.42 Å². The molecule has 74 valence electrons. The second-order valence-electron chi connectivity index (χ2n) is 2.85. The number of rotatable bonds is 3. The zero-order valence-electron chi connectivity index (χ0n) is 7.70. The summed E-state index contributed by atoms with van der Waals surface area (Å²) in [6, 6.07) is 3.77. The van der Waals surface area contributed by atoms with Gasteiger partial charge < -0.3 is 10.0 Å². The maximum absolute atomic E-state index is 13.2. The third kappa shape index (κ3) is 2.00. The third-order valence-corrected chi connectivity index (χ3v) is 1.92. The molecular weight excluding hydrogens is 186 g/mol. The maximum atomic E-state index is 13.2. The first-order valence-corrected chi connectivity index (χ1v) is 4.25. The van der Waals surface area contributed by atoms with Crippen molar-refractivity contribution in [1.82, 2.24) is 0 Å². The van der Waals surface area contributed by atoms with Crippen LogP contribution in [-0.2, 0) is 0 Å². The summed E-state index contributed by atoms with van der Waals surface area (Å²) in [6.45, 7) is 1.59. The van der Waals surface area contributed by atoms with E-state index < -0.39 is 18.7 Å². The van der Waals surface area contributed by atoms with Gasteiger partial charge >= 0.3 is 7.12 Å². The van der Waals surface area contributed by atoms with Crippen molar-refractivity contribution in [2.45, 2.75) is 13.3 Å². The summed E-state index contributed by atoms with van der Waals surface area (Å²) in [5.41, 5.74) is -0.318. The van der Waals surface area contributed by atoms with E-state index in [9.17, 15) is 9.18 Å². The summed E-state index contributed by atoms with van der Waals surface area (Å²) in [4.78, 5) is 11.3. The highest BCUT2D eigenvalue weighted by molar-refractivity contribution is 6.60. The van der Waals surface area contributed by atoms with Gasteiger partial charge in [-0.15, -0.1) is 0 Å². The van der Waals surface area contributed by atoms with Crippen molar-refractivity contribution in [3.63, 3.8) is 0 Å². The molecule has 0 heterocycles. The smallest absolute Gasteiger partial charge is 0.423 e. The Balaban J connectivity index is 3.29. The zero-order chi connectivity index (χ0) is 10.7. The minimum Gasteiger partial charge on any atom is -0.423 e. The van der Waals surface area contributed by atoms with Crippen LogP contribution >= 0.6 is 0 Å². The SMILES string of the molecule is CCC(=O)c1c(F)cccc1B(O)O. The Hall–Kier alpha value is -1.20. The van der Waals surface area contributed by atoms with Gasteiger partial charge in [-0.25, -0.2) is 4.39 Å². The van der Waals surface area contributed by atoms with Crippen LogP contribution in [0.5, 0.6) is 0 Å². The van der Waals surface area contributed by atoms with E-state index in [1.54, 1.807) is 6.92 Å². The van der Waals surface area contributed by atoms with E-state index in [1.165, 1.54) is 12.1 Å². The van der Waals surface area contributed by atoms with E-state index >= 15 is 0 Å². The standard InChI is InChI=1S/C9H10BFO3/c1-2-8(12)9-6(10(13)14)4-3-5-7(9)11/h3-5,13-14H,2H2,1H3. The number of hydrogen-bond donors (Lipinski definition) is 2. The highest BCUT2D eigenvalue weighted by Crippen LogP contribution is 2.07. The van der Waals surface area contributed by atoms with Crippen LogP contribution in [0.3, 0.4) is 0 Å². The molecule has 0 saturated heterocycles. The van der Waals surface area contributed by atoms with Gasteiger partial charge in [0.05, 0.1) is 5.56 Å². The molecule has 3 nitrogen and oxygen atoms in total. The number of benzene rings is 1. The predicted molar refractivity (Wildman–Crippen MR) is 50.8 cm³/mol. The van der Waals surface area contributed by atoms with Gasteiger partial charge in [0.1, 0.15) is 5.82 Å². The number of ketones is 1. The first-order valence-electron chi connectivity index (χ1n) is 4.25. The molecule has 0 radical (unpaired) electrons. The minimum absolute atomic E-state index is 0.0862. The number of Topliss-reactive ketones (excluding diaryl/α,β-unsaturated/α-hetero) is 1. The fourth-order valence-electron chi connectivity index (χ4n) is 1.23. The molecule has 1 aromatic rings. The Morgan fingerprint density at radius 3 is 2.64 bits per heavy atom. The Morgan fingerprint density at radius 2 is 2.14 bits per heavy atom. The largest absolute Gasteiger partial charge is 0.489 e. The van der Waals surface area contributed by atoms with Crippen LogP contribution < -0.4 is 5.46 Å². The van der Waals surface area contributed by atoms with Crippen molar-refractivity contribution in [2.75, 3.05) is 0 Å². The lowest BCUT2D eigenvalue weighted by Crippen LogP contribution is -2.35. The van der Waals surface area contributed by atoms with Crippen molar-refractivity contribution in [3.8, 4) is 0 Å². The van der Waals surface area contributed by atoms with Gasteiger partial charge in [-0.1, -0.05) is 19.1 Å². The molecule has 5 heteroatoms. The van der Waals surface area contributed by atoms with E-state index in [1.807, 2.05) is 0 Å². The summed E-state index contributed by atoms with van der Waals surface area (Å²) >= 11 is 0. The van der Waals surface area contributed by atoms with Gasteiger partial charge in [-0.05, 0) is 11.5 Å². The number of carbonyl (C=O) groups excluding carboxylic acids is 1. The van der Waals surface area contributed by atoms with Crippen LogP contribution in [0.4, 0.5) is 4.39 Å². The average molecular weight is 196 g/mol. The van der Waals surface area contributed by atoms with E-state index in [0.29, 0.717) is 0 Å². The number of halogens is 1. The molecule has 0 fully saturated rings. The second kappa shape index (κ2) is 4.35. The van der Waals surface area contributed by atoms with Crippen LogP contribution in [0.2, 0.25) is 0 Å². The second-order valence-corrected chi connectivity index (χ2v) is 2.85. The number of carbonyl (C=O) groups is 1. The zero-order valence-corrected chi connectivity index (χ0v) is 7.70. The third-order valence-electron chi connectivity index (χ3n) is 1.92. The molecule has 1 aromatic carbocycles. The summed E-state index contributed by atoms with van der Waals surface area (Å²) < 4.78 is 13.2. The van der Waals surface area contributed by atoms with Crippen molar-refractivity contribution in [1.29, 1.82) is 0 Å². The monoisotopic (exact) mass is 196 g/mol. The Kier molecular flexibility index (Phi) is 3.38. The highest BCUT2D eigenvalue weighted by atomic mass is 19.1. The summed E-state index contributed by atoms with van der Waals surface area (Å²) in [7, 11) is -1.82. The van der Waals surface area contributed by atoms with Crippen molar-refractivity contribution in [3.05, 3.63) is 29.6 Å². The first kappa shape index (κ1) is 10.9. The predicted octanol–water partition coefficient (Wildman–Crippen LogP) is 0.0982. The summed E-state index contributed by atoms with van der Waals surface area (Å²) in [5.74, 6) is -1.16. The summed E-state index contributed by atoms with van der Waals surface area (Å²) in [6.07, 6.45) is 0.126. The van der Waals surface area contributed by atoms with Crippen LogP contribution in [0, 0.1) is 5.82 Å². The van der Waals surface area contributed by atoms with Gasteiger partial charge in [-0.2, -0.15) is 0 Å². The van der Waals surface area contributed by atoms with E-state index in [0.717, 1.165) is 6.07 Å². The normalized spacial score (nSPS) is 10.0. The van der Waals surface area contributed by atoms with E-state index in [-0.39, 0.29) is 17.4 Å². The summed E-state index contributed by atoms with van der Waals surface area (Å²) in [5, 5.41) is 17.8. The molecule has 1 rings (SSSR count). The van der Waals surface area contributed by atoms with Crippen molar-refractivity contribution < 1.29 is 19.2 Å². The molecule has 0 bridgehead atoms. The molecule has 0 atom stereocenters. The molecule has 0 aliphatic carbocycles. The van der Waals surface area contributed by atoms with Crippen LogP contribution in [-0.4, -0.2) is 22.9 Å². The Morgan fingerprint density at radius 1 is 1.50 bits per heavy atom. The molecule has 0 aliphatic rings. The van der Waals surface area contributed by atoms with E-state index in [4.69, 9.17) is 10.0 Å². The van der Waals surface area contributed by atoms with Crippen LogP contribution in [0.25, 0.3) is 0 Å². The molecule has 0 unspecified atom stereocenters. The lowest BCUT2D eigenvalue weighted by Gasteiger charge is -2.07. The molecule has 0 saturated carbocycles. The van der Waals surface area contributed by atoms with Crippen molar-refractivity contribution in [2.24, 2.45) is 0 Å². The molecule has 0 aromatic heterocycles. The topological polar surface area (TPSA) is 57.5 Å². The number of hydrogen-bond acceptors (Lipinski definition) is 3. The first-order chi connectivity index (χ1) is 6.57. The maximum Gasteiger partial charge on any atom is 0.489 e. The van der Waals surface area contributed by atoms with Crippen molar-refractivity contribution >= 4 is 18.4 Å². The average Bonchev–Trinajstić information content (AvgIpc) is 2.16. The minimum atomic E-state index is -1.82. The molecular formula is C9H10BFO3.